The Morgan fingerprint density at radius 1 is 1.20 bits per heavy atom. The second-order valence-corrected chi connectivity index (χ2v) is 1.53. The van der Waals surface area contributed by atoms with Gasteiger partial charge in [-0.25, -0.2) is 0 Å². The van der Waals surface area contributed by atoms with E-state index in [4.69, 9.17) is 5.73 Å². The summed E-state index contributed by atoms with van der Waals surface area (Å²) in [5, 5.41) is 2.87. The summed E-state index contributed by atoms with van der Waals surface area (Å²) < 4.78 is 0. The van der Waals surface area contributed by atoms with Crippen LogP contribution >= 0.6 is 24.8 Å². The molecule has 2 nitrogen and oxygen atoms in total. The van der Waals surface area contributed by atoms with Crippen LogP contribution in [-0.4, -0.2) is 0 Å². The van der Waals surface area contributed by atoms with Crippen molar-refractivity contribution in [1.29, 1.82) is 0 Å². The number of nitrogens with two attached hydrogens (primary N) is 1. The smallest absolute Gasteiger partial charge is 0.0476 e. The zero-order valence-corrected chi connectivity index (χ0v) is 6.91. The maximum Gasteiger partial charge on any atom is 0.0476 e. The van der Waals surface area contributed by atoms with Crippen molar-refractivity contribution in [2.24, 2.45) is 5.73 Å². The Morgan fingerprint density at radius 2 is 1.90 bits per heavy atom. The van der Waals surface area contributed by atoms with E-state index in [1.165, 1.54) is 0 Å². The van der Waals surface area contributed by atoms with E-state index in [-0.39, 0.29) is 24.8 Å². The number of halogens is 2. The molecule has 1 rings (SSSR count). The Bertz CT molecular complexity index is 158. The van der Waals surface area contributed by atoms with Gasteiger partial charge in [-0.3, -0.25) is 0 Å². The predicted molar refractivity (Wildman–Crippen MR) is 48.2 cm³/mol. The van der Waals surface area contributed by atoms with Crippen LogP contribution in [0.3, 0.4) is 0 Å². The van der Waals surface area contributed by atoms with Gasteiger partial charge in [-0.1, -0.05) is 6.08 Å². The van der Waals surface area contributed by atoms with Gasteiger partial charge in [0.2, 0.25) is 0 Å². The molecule has 0 atom stereocenters. The summed E-state index contributed by atoms with van der Waals surface area (Å²) in [7, 11) is 0. The minimum atomic E-state index is 0. The van der Waals surface area contributed by atoms with Crippen molar-refractivity contribution in [3.63, 3.8) is 0 Å². The fourth-order valence-electron chi connectivity index (χ4n) is 0.470. The average molecular weight is 181 g/mol. The lowest BCUT2D eigenvalue weighted by molar-refractivity contribution is 1.17. The van der Waals surface area contributed by atoms with Crippen LogP contribution in [0.15, 0.2) is 36.3 Å². The third-order valence-corrected chi connectivity index (χ3v) is 0.842. The molecular weight excluding hydrogens is 171 g/mol. The summed E-state index contributed by atoms with van der Waals surface area (Å²) >= 11 is 0. The molecule has 1 aliphatic heterocycles. The number of allylic oxidation sites excluding steroid dienone is 3. The third kappa shape index (κ3) is 4.30. The van der Waals surface area contributed by atoms with Gasteiger partial charge in [-0.2, -0.15) is 0 Å². The molecular formula is C6H10Cl2N2. The lowest BCUT2D eigenvalue weighted by Gasteiger charge is -1.87. The Kier molecular flexibility index (Phi) is 7.90. The van der Waals surface area contributed by atoms with E-state index in [0.29, 0.717) is 0 Å². The van der Waals surface area contributed by atoms with Crippen LogP contribution in [0.5, 0.6) is 0 Å². The molecule has 0 aliphatic carbocycles. The van der Waals surface area contributed by atoms with Crippen molar-refractivity contribution in [1.82, 2.24) is 5.32 Å². The SMILES string of the molecule is Cl.Cl.NC1=CNC=CC=C1. The van der Waals surface area contributed by atoms with Crippen molar-refractivity contribution < 1.29 is 0 Å². The van der Waals surface area contributed by atoms with E-state index in [0.717, 1.165) is 5.70 Å². The summed E-state index contributed by atoms with van der Waals surface area (Å²) in [4.78, 5) is 0. The molecule has 0 aromatic heterocycles. The highest BCUT2D eigenvalue weighted by Gasteiger charge is 1.80. The molecule has 0 spiro atoms. The van der Waals surface area contributed by atoms with Gasteiger partial charge in [0.05, 0.1) is 0 Å². The van der Waals surface area contributed by atoms with Crippen molar-refractivity contribution in [3.05, 3.63) is 36.3 Å². The monoisotopic (exact) mass is 180 g/mol. The van der Waals surface area contributed by atoms with E-state index >= 15 is 0 Å². The molecule has 0 radical (unpaired) electrons. The second-order valence-electron chi connectivity index (χ2n) is 1.53. The first-order valence-electron chi connectivity index (χ1n) is 2.44. The molecule has 0 saturated heterocycles. The molecule has 0 bridgehead atoms. The van der Waals surface area contributed by atoms with Crippen molar-refractivity contribution >= 4 is 24.8 Å². The van der Waals surface area contributed by atoms with Gasteiger partial charge in [0.1, 0.15) is 0 Å². The van der Waals surface area contributed by atoms with Crippen LogP contribution in [0.2, 0.25) is 0 Å². The molecule has 0 aromatic rings. The molecule has 1 heterocycles. The fourth-order valence-corrected chi connectivity index (χ4v) is 0.470. The van der Waals surface area contributed by atoms with Gasteiger partial charge < -0.3 is 11.1 Å². The van der Waals surface area contributed by atoms with E-state index in [2.05, 4.69) is 5.32 Å². The van der Waals surface area contributed by atoms with Gasteiger partial charge >= 0.3 is 0 Å². The number of hydrogen-bond acceptors (Lipinski definition) is 2. The first kappa shape index (κ1) is 12.1. The largest absolute Gasteiger partial charge is 0.398 e. The van der Waals surface area contributed by atoms with Crippen molar-refractivity contribution in [2.75, 3.05) is 0 Å². The van der Waals surface area contributed by atoms with Crippen molar-refractivity contribution in [3.8, 4) is 0 Å². The second kappa shape index (κ2) is 6.52. The summed E-state index contributed by atoms with van der Waals surface area (Å²) in [5.74, 6) is 0. The van der Waals surface area contributed by atoms with Gasteiger partial charge in [0.15, 0.2) is 0 Å². The van der Waals surface area contributed by atoms with Crippen LogP contribution in [0.4, 0.5) is 0 Å². The highest BCUT2D eigenvalue weighted by atomic mass is 35.5. The summed E-state index contributed by atoms with van der Waals surface area (Å²) in [6, 6.07) is 0. The van der Waals surface area contributed by atoms with Crippen LogP contribution in [-0.2, 0) is 0 Å². The number of nitrogens with one attached hydrogen (secondary N) is 1. The van der Waals surface area contributed by atoms with Gasteiger partial charge in [-0.05, 0) is 12.2 Å². The van der Waals surface area contributed by atoms with Crippen LogP contribution in [0.1, 0.15) is 0 Å². The lowest BCUT2D eigenvalue weighted by Crippen LogP contribution is -1.98. The summed E-state index contributed by atoms with van der Waals surface area (Å²) in [5.41, 5.74) is 6.15. The topological polar surface area (TPSA) is 38.0 Å². The Labute approximate surface area is 72.7 Å². The fraction of sp³-hybridized carbons (Fsp3) is 0. The quantitative estimate of drug-likeness (QED) is 0.591. The normalized spacial score (nSPS) is 13.4. The first-order valence-corrected chi connectivity index (χ1v) is 2.44. The highest BCUT2D eigenvalue weighted by molar-refractivity contribution is 5.85. The lowest BCUT2D eigenvalue weighted by atomic mass is 10.4. The number of hydrogen-bond donors (Lipinski definition) is 2. The molecule has 0 fully saturated rings. The summed E-state index contributed by atoms with van der Waals surface area (Å²) in [6.45, 7) is 0. The zero-order chi connectivity index (χ0) is 5.82. The maximum absolute atomic E-state index is 5.41. The van der Waals surface area contributed by atoms with Gasteiger partial charge in [0, 0.05) is 18.1 Å². The Morgan fingerprint density at radius 3 is 2.60 bits per heavy atom. The molecule has 0 amide bonds. The maximum atomic E-state index is 5.41. The Balaban J connectivity index is 0. The van der Waals surface area contributed by atoms with Crippen molar-refractivity contribution in [2.45, 2.75) is 0 Å². The van der Waals surface area contributed by atoms with Gasteiger partial charge in [0.25, 0.3) is 0 Å². The third-order valence-electron chi connectivity index (χ3n) is 0.842. The molecule has 1 aliphatic rings. The summed E-state index contributed by atoms with van der Waals surface area (Å²) in [6.07, 6.45) is 9.15. The molecule has 0 aromatic carbocycles. The molecule has 4 heteroatoms. The molecule has 0 saturated carbocycles. The van der Waals surface area contributed by atoms with Crippen LogP contribution < -0.4 is 11.1 Å². The van der Waals surface area contributed by atoms with E-state index in [1.54, 1.807) is 6.20 Å². The minimum Gasteiger partial charge on any atom is -0.398 e. The Hall–Kier alpha value is -0.600. The number of rotatable bonds is 0. The first-order chi connectivity index (χ1) is 3.89. The predicted octanol–water partition coefficient (Wildman–Crippen LogP) is 1.30. The average Bonchev–Trinajstić information content (AvgIpc) is 1.94. The highest BCUT2D eigenvalue weighted by Crippen LogP contribution is 1.88. The molecule has 58 valence electrons. The minimum absolute atomic E-state index is 0. The molecule has 3 N–H and O–H groups in total. The zero-order valence-electron chi connectivity index (χ0n) is 5.28. The van der Waals surface area contributed by atoms with Gasteiger partial charge in [-0.15, -0.1) is 24.8 Å². The molecule has 10 heavy (non-hydrogen) atoms. The van der Waals surface area contributed by atoms with Crippen LogP contribution in [0, 0.1) is 0 Å². The standard InChI is InChI=1S/C6H8N2.2ClH/c7-6-3-1-2-4-8-5-6;;/h1-5,8H,7H2;2*1H. The van der Waals surface area contributed by atoms with Crippen LogP contribution in [0.25, 0.3) is 0 Å². The van der Waals surface area contributed by atoms with E-state index in [9.17, 15) is 0 Å². The van der Waals surface area contributed by atoms with E-state index in [1.807, 2.05) is 24.4 Å². The molecule has 0 unspecified atom stereocenters. The van der Waals surface area contributed by atoms with E-state index < -0.39 is 0 Å².